The number of nitrogens with zero attached hydrogens (tertiary/aromatic N) is 1. The third-order valence-electron chi connectivity index (χ3n) is 1.95. The Labute approximate surface area is 100 Å². The summed E-state index contributed by atoms with van der Waals surface area (Å²) in [5.41, 5.74) is 1.05. The topological polar surface area (TPSA) is 71.1 Å². The fourth-order valence-corrected chi connectivity index (χ4v) is 2.64. The minimum Gasteiger partial charge on any atom is -0.310 e. The van der Waals surface area contributed by atoms with Crippen LogP contribution in [0.25, 0.3) is 0 Å². The Hall–Kier alpha value is -0.500. The summed E-state index contributed by atoms with van der Waals surface area (Å²) >= 11 is 1.67. The van der Waals surface area contributed by atoms with Crippen molar-refractivity contribution in [3.63, 3.8) is 0 Å². The zero-order valence-electron chi connectivity index (χ0n) is 9.70. The van der Waals surface area contributed by atoms with E-state index in [1.807, 2.05) is 13.8 Å². The molecule has 1 heterocycles. The van der Waals surface area contributed by atoms with Gasteiger partial charge in [0, 0.05) is 24.5 Å². The number of aromatic nitrogens is 1. The van der Waals surface area contributed by atoms with Crippen molar-refractivity contribution in [2.24, 2.45) is 0 Å². The van der Waals surface area contributed by atoms with E-state index in [9.17, 15) is 8.42 Å². The molecule has 1 aromatic heterocycles. The van der Waals surface area contributed by atoms with Crippen LogP contribution in [-0.4, -0.2) is 32.7 Å². The highest BCUT2D eigenvalue weighted by Gasteiger charge is 2.04. The Morgan fingerprint density at radius 3 is 2.50 bits per heavy atom. The molecule has 0 fully saturated rings. The predicted molar refractivity (Wildman–Crippen MR) is 66.1 cm³/mol. The van der Waals surface area contributed by atoms with Crippen molar-refractivity contribution in [2.75, 3.05) is 19.3 Å². The first-order chi connectivity index (χ1) is 7.38. The number of nitrogens with one attached hydrogen (secondary N) is 2. The Kier molecular flexibility index (Phi) is 4.85. The zero-order chi connectivity index (χ0) is 12.2. The highest BCUT2D eigenvalue weighted by atomic mass is 32.2. The second-order valence-electron chi connectivity index (χ2n) is 3.58. The van der Waals surface area contributed by atoms with Crippen LogP contribution in [0.2, 0.25) is 0 Å². The second kappa shape index (κ2) is 5.72. The highest BCUT2D eigenvalue weighted by Crippen LogP contribution is 2.16. The molecule has 0 bridgehead atoms. The van der Waals surface area contributed by atoms with Crippen LogP contribution < -0.4 is 10.0 Å². The van der Waals surface area contributed by atoms with Crippen molar-refractivity contribution >= 4 is 21.4 Å². The largest absolute Gasteiger partial charge is 0.310 e. The first kappa shape index (κ1) is 13.6. The summed E-state index contributed by atoms with van der Waals surface area (Å²) in [6.07, 6.45) is 1.16. The van der Waals surface area contributed by atoms with E-state index in [0.717, 1.165) is 23.5 Å². The molecule has 0 saturated carbocycles. The van der Waals surface area contributed by atoms with Gasteiger partial charge in [-0.25, -0.2) is 18.1 Å². The van der Waals surface area contributed by atoms with Crippen molar-refractivity contribution in [3.8, 4) is 0 Å². The van der Waals surface area contributed by atoms with E-state index in [4.69, 9.17) is 0 Å². The van der Waals surface area contributed by atoms with Gasteiger partial charge in [0.15, 0.2) is 0 Å². The lowest BCUT2D eigenvalue weighted by molar-refractivity contribution is 0.582. The maximum atomic E-state index is 10.8. The van der Waals surface area contributed by atoms with Gasteiger partial charge in [0.25, 0.3) is 0 Å². The standard InChI is InChI=1S/C9H17N3O2S2/c1-7-9(15-8(2)12-7)6-10-4-5-11-16(3,13)14/h10-11H,4-6H2,1-3H3. The zero-order valence-corrected chi connectivity index (χ0v) is 11.3. The number of rotatable bonds is 6. The van der Waals surface area contributed by atoms with Crippen molar-refractivity contribution in [1.82, 2.24) is 15.0 Å². The average molecular weight is 263 g/mol. The summed E-state index contributed by atoms with van der Waals surface area (Å²) in [5.74, 6) is 0. The van der Waals surface area contributed by atoms with E-state index in [1.54, 1.807) is 11.3 Å². The van der Waals surface area contributed by atoms with E-state index in [-0.39, 0.29) is 0 Å². The number of thiazole rings is 1. The fraction of sp³-hybridized carbons (Fsp3) is 0.667. The molecule has 0 atom stereocenters. The molecule has 2 N–H and O–H groups in total. The predicted octanol–water partition coefficient (Wildman–Crippen LogP) is 0.399. The maximum Gasteiger partial charge on any atom is 0.208 e. The molecular formula is C9H17N3O2S2. The first-order valence-electron chi connectivity index (χ1n) is 4.97. The molecule has 7 heteroatoms. The lowest BCUT2D eigenvalue weighted by atomic mass is 10.4. The molecular weight excluding hydrogens is 246 g/mol. The highest BCUT2D eigenvalue weighted by molar-refractivity contribution is 7.88. The van der Waals surface area contributed by atoms with Gasteiger partial charge in [-0.2, -0.15) is 0 Å². The normalized spacial score (nSPS) is 11.9. The van der Waals surface area contributed by atoms with Crippen LogP contribution in [0.5, 0.6) is 0 Å². The summed E-state index contributed by atoms with van der Waals surface area (Å²) in [4.78, 5) is 5.52. The van der Waals surface area contributed by atoms with Crippen molar-refractivity contribution in [1.29, 1.82) is 0 Å². The summed E-state index contributed by atoms with van der Waals surface area (Å²) in [6, 6.07) is 0. The van der Waals surface area contributed by atoms with Gasteiger partial charge in [-0.1, -0.05) is 0 Å². The smallest absolute Gasteiger partial charge is 0.208 e. The molecule has 0 radical (unpaired) electrons. The van der Waals surface area contributed by atoms with E-state index in [2.05, 4.69) is 15.0 Å². The summed E-state index contributed by atoms with van der Waals surface area (Å²) in [5, 5.41) is 4.23. The monoisotopic (exact) mass is 263 g/mol. The van der Waals surface area contributed by atoms with E-state index in [0.29, 0.717) is 13.1 Å². The maximum absolute atomic E-state index is 10.8. The average Bonchev–Trinajstić information content (AvgIpc) is 2.42. The van der Waals surface area contributed by atoms with E-state index >= 15 is 0 Å². The second-order valence-corrected chi connectivity index (χ2v) is 6.71. The van der Waals surface area contributed by atoms with E-state index < -0.39 is 10.0 Å². The molecule has 0 aliphatic rings. The molecule has 0 aromatic carbocycles. The number of hydrogen-bond acceptors (Lipinski definition) is 5. The van der Waals surface area contributed by atoms with Crippen LogP contribution in [0.3, 0.4) is 0 Å². The molecule has 1 rings (SSSR count). The number of hydrogen-bond donors (Lipinski definition) is 2. The summed E-state index contributed by atoms with van der Waals surface area (Å²) in [6.45, 7) is 5.73. The van der Waals surface area contributed by atoms with Crippen LogP contribution in [-0.2, 0) is 16.6 Å². The van der Waals surface area contributed by atoms with Gasteiger partial charge >= 0.3 is 0 Å². The quantitative estimate of drug-likeness (QED) is 0.729. The molecule has 0 aliphatic carbocycles. The molecule has 92 valence electrons. The van der Waals surface area contributed by atoms with Gasteiger partial charge in [0.05, 0.1) is 17.0 Å². The molecule has 0 amide bonds. The first-order valence-corrected chi connectivity index (χ1v) is 7.67. The molecule has 0 aliphatic heterocycles. The van der Waals surface area contributed by atoms with Gasteiger partial charge in [0.1, 0.15) is 0 Å². The Morgan fingerprint density at radius 1 is 1.31 bits per heavy atom. The minimum absolute atomic E-state index is 0.412. The van der Waals surface area contributed by atoms with Crippen LogP contribution in [0.1, 0.15) is 15.6 Å². The van der Waals surface area contributed by atoms with Crippen LogP contribution in [0.4, 0.5) is 0 Å². The number of aryl methyl sites for hydroxylation is 2. The van der Waals surface area contributed by atoms with Gasteiger partial charge in [-0.05, 0) is 13.8 Å². The Bertz CT molecular complexity index is 440. The van der Waals surface area contributed by atoms with Crippen LogP contribution in [0, 0.1) is 13.8 Å². The molecule has 0 unspecified atom stereocenters. The Morgan fingerprint density at radius 2 is 2.00 bits per heavy atom. The SMILES string of the molecule is Cc1nc(C)c(CNCCNS(C)(=O)=O)s1. The van der Waals surface area contributed by atoms with Gasteiger partial charge in [0.2, 0.25) is 10.0 Å². The lowest BCUT2D eigenvalue weighted by Gasteiger charge is -2.04. The van der Waals surface area contributed by atoms with Crippen molar-refractivity contribution in [2.45, 2.75) is 20.4 Å². The van der Waals surface area contributed by atoms with Gasteiger partial charge < -0.3 is 5.32 Å². The third kappa shape index (κ3) is 5.02. The molecule has 5 nitrogen and oxygen atoms in total. The van der Waals surface area contributed by atoms with Crippen LogP contribution in [0.15, 0.2) is 0 Å². The van der Waals surface area contributed by atoms with Gasteiger partial charge in [-0.15, -0.1) is 11.3 Å². The Balaban J connectivity index is 2.24. The molecule has 16 heavy (non-hydrogen) atoms. The fourth-order valence-electron chi connectivity index (χ4n) is 1.26. The van der Waals surface area contributed by atoms with Crippen molar-refractivity contribution < 1.29 is 8.42 Å². The molecule has 0 spiro atoms. The summed E-state index contributed by atoms with van der Waals surface area (Å²) in [7, 11) is -3.07. The van der Waals surface area contributed by atoms with Crippen LogP contribution >= 0.6 is 11.3 Å². The van der Waals surface area contributed by atoms with Crippen molar-refractivity contribution in [3.05, 3.63) is 15.6 Å². The summed E-state index contributed by atoms with van der Waals surface area (Å²) < 4.78 is 24.0. The van der Waals surface area contributed by atoms with E-state index in [1.165, 1.54) is 4.88 Å². The minimum atomic E-state index is -3.07. The molecule has 1 aromatic rings. The number of sulfonamides is 1. The third-order valence-corrected chi connectivity index (χ3v) is 3.75. The van der Waals surface area contributed by atoms with Gasteiger partial charge in [-0.3, -0.25) is 0 Å². The molecule has 0 saturated heterocycles. The lowest BCUT2D eigenvalue weighted by Crippen LogP contribution is -2.30.